The first kappa shape index (κ1) is 16.5. The molecular weight excluding hydrogens is 310 g/mol. The number of carbonyl (C=O) groups excluding carboxylic acids is 2. The van der Waals surface area contributed by atoms with Crippen LogP contribution in [0.2, 0.25) is 0 Å². The predicted molar refractivity (Wildman–Crippen MR) is 90.8 cm³/mol. The Hall–Kier alpha value is -1.36. The van der Waals surface area contributed by atoms with Crippen LogP contribution in [0.4, 0.5) is 0 Å². The molecule has 126 valence electrons. The predicted octanol–water partition coefficient (Wildman–Crippen LogP) is 3.48. The largest absolute Gasteiger partial charge is 0.467 e. The summed E-state index contributed by atoms with van der Waals surface area (Å²) in [5, 5.41) is 3.02. The summed E-state index contributed by atoms with van der Waals surface area (Å²) in [6, 6.07) is 2.03. The van der Waals surface area contributed by atoms with E-state index in [1.54, 1.807) is 11.3 Å². The van der Waals surface area contributed by atoms with Crippen LogP contribution in [-0.2, 0) is 22.4 Å². The van der Waals surface area contributed by atoms with Crippen LogP contribution in [0.1, 0.15) is 65.6 Å². The Morgan fingerprint density at radius 3 is 2.74 bits per heavy atom. The van der Waals surface area contributed by atoms with Crippen molar-refractivity contribution >= 4 is 23.2 Å². The van der Waals surface area contributed by atoms with Gasteiger partial charge in [-0.1, -0.05) is 26.2 Å². The second-order valence-corrected chi connectivity index (χ2v) is 8.13. The number of hydrogen-bond donors (Lipinski definition) is 1. The molecular formula is C18H25NO3S. The number of amides is 1. The molecule has 0 aliphatic heterocycles. The molecule has 5 heteroatoms. The zero-order chi connectivity index (χ0) is 16.4. The Labute approximate surface area is 141 Å². The molecule has 1 aromatic heterocycles. The van der Waals surface area contributed by atoms with Crippen LogP contribution < -0.4 is 5.32 Å². The minimum atomic E-state index is -0.831. The Morgan fingerprint density at radius 2 is 2.04 bits per heavy atom. The van der Waals surface area contributed by atoms with Crippen molar-refractivity contribution in [3.8, 4) is 0 Å². The average Bonchev–Trinajstić information content (AvgIpc) is 2.98. The summed E-state index contributed by atoms with van der Waals surface area (Å²) < 4.78 is 4.97. The second-order valence-electron chi connectivity index (χ2n) is 7.00. The minimum Gasteiger partial charge on any atom is -0.467 e. The molecule has 1 N–H and O–H groups in total. The third kappa shape index (κ3) is 3.30. The van der Waals surface area contributed by atoms with Crippen LogP contribution in [0.5, 0.6) is 0 Å². The van der Waals surface area contributed by atoms with Gasteiger partial charge in [0.05, 0.1) is 12.0 Å². The van der Waals surface area contributed by atoms with E-state index in [0.717, 1.165) is 37.0 Å². The molecule has 4 nitrogen and oxygen atoms in total. The van der Waals surface area contributed by atoms with E-state index >= 15 is 0 Å². The number of fused-ring (bicyclic) bond motifs is 1. The third-order valence-electron chi connectivity index (χ3n) is 5.19. The van der Waals surface area contributed by atoms with Crippen LogP contribution in [-0.4, -0.2) is 24.5 Å². The highest BCUT2D eigenvalue weighted by molar-refractivity contribution is 7.14. The van der Waals surface area contributed by atoms with Crippen LogP contribution in [0.15, 0.2) is 6.07 Å². The van der Waals surface area contributed by atoms with Gasteiger partial charge in [-0.2, -0.15) is 0 Å². The van der Waals surface area contributed by atoms with Gasteiger partial charge >= 0.3 is 5.97 Å². The molecule has 0 unspecified atom stereocenters. The molecule has 1 heterocycles. The van der Waals surface area contributed by atoms with Crippen molar-refractivity contribution in [2.45, 2.75) is 63.8 Å². The number of hydrogen-bond acceptors (Lipinski definition) is 4. The van der Waals surface area contributed by atoms with Gasteiger partial charge in [-0.05, 0) is 49.7 Å². The highest BCUT2D eigenvalue weighted by Gasteiger charge is 2.42. The highest BCUT2D eigenvalue weighted by Crippen LogP contribution is 2.34. The summed E-state index contributed by atoms with van der Waals surface area (Å²) in [6.45, 7) is 2.26. The first-order valence-corrected chi connectivity index (χ1v) is 9.38. The monoisotopic (exact) mass is 335 g/mol. The summed E-state index contributed by atoms with van der Waals surface area (Å²) in [4.78, 5) is 27.1. The number of esters is 1. The van der Waals surface area contributed by atoms with Crippen molar-refractivity contribution in [1.29, 1.82) is 0 Å². The van der Waals surface area contributed by atoms with Crippen molar-refractivity contribution in [3.63, 3.8) is 0 Å². The lowest BCUT2D eigenvalue weighted by Gasteiger charge is -2.35. The molecule has 1 aromatic rings. The van der Waals surface area contributed by atoms with Crippen LogP contribution in [0.25, 0.3) is 0 Å². The molecule has 0 radical (unpaired) electrons. The Morgan fingerprint density at radius 1 is 1.30 bits per heavy atom. The smallest absolute Gasteiger partial charge is 0.331 e. The van der Waals surface area contributed by atoms with Gasteiger partial charge in [0.25, 0.3) is 5.91 Å². The Bertz CT molecular complexity index is 601. The van der Waals surface area contributed by atoms with E-state index in [1.807, 2.05) is 6.07 Å². The van der Waals surface area contributed by atoms with Crippen molar-refractivity contribution in [2.24, 2.45) is 5.92 Å². The lowest BCUT2D eigenvalue weighted by molar-refractivity contribution is -0.149. The number of thiophene rings is 1. The molecule has 0 bridgehead atoms. The number of ether oxygens (including phenoxy) is 1. The van der Waals surface area contributed by atoms with Gasteiger partial charge in [0, 0.05) is 4.88 Å². The maximum absolute atomic E-state index is 12.7. The van der Waals surface area contributed by atoms with Gasteiger partial charge in [0.1, 0.15) is 5.54 Å². The summed E-state index contributed by atoms with van der Waals surface area (Å²) in [5.74, 6) is 0.262. The topological polar surface area (TPSA) is 55.4 Å². The standard InChI is InChI=1S/C18H25NO3S/c1-12-6-7-14-13(10-12)11-15(23-14)16(20)19-18(17(21)22-2)8-4-3-5-9-18/h11-12H,3-10H2,1-2H3,(H,19,20)/t12-/m1/s1. The SMILES string of the molecule is COC(=O)C1(NC(=O)c2cc3c(s2)CC[C@@H](C)C3)CCCCC1. The van der Waals surface area contributed by atoms with E-state index in [2.05, 4.69) is 12.2 Å². The van der Waals surface area contributed by atoms with Crippen molar-refractivity contribution in [3.05, 3.63) is 21.4 Å². The van der Waals surface area contributed by atoms with Crippen molar-refractivity contribution in [1.82, 2.24) is 5.32 Å². The normalized spacial score (nSPS) is 23.0. The van der Waals surface area contributed by atoms with Crippen LogP contribution in [0.3, 0.4) is 0 Å². The van der Waals surface area contributed by atoms with E-state index in [1.165, 1.54) is 24.0 Å². The quantitative estimate of drug-likeness (QED) is 0.861. The van der Waals surface area contributed by atoms with Gasteiger partial charge in [-0.15, -0.1) is 11.3 Å². The van der Waals surface area contributed by atoms with Gasteiger partial charge in [-0.3, -0.25) is 4.79 Å². The van der Waals surface area contributed by atoms with Crippen LogP contribution in [0, 0.1) is 5.92 Å². The summed E-state index contributed by atoms with van der Waals surface area (Å²) >= 11 is 1.59. The summed E-state index contributed by atoms with van der Waals surface area (Å²) in [5.41, 5.74) is 0.483. The maximum atomic E-state index is 12.7. The zero-order valence-corrected chi connectivity index (χ0v) is 14.8. The van der Waals surface area contributed by atoms with Gasteiger partial charge in [-0.25, -0.2) is 4.79 Å². The molecule has 2 aliphatic carbocycles. The minimum absolute atomic E-state index is 0.121. The summed E-state index contributed by atoms with van der Waals surface area (Å²) in [7, 11) is 1.40. The second kappa shape index (κ2) is 6.63. The van der Waals surface area contributed by atoms with Gasteiger partial charge in [0.15, 0.2) is 0 Å². The zero-order valence-electron chi connectivity index (χ0n) is 13.9. The lowest BCUT2D eigenvalue weighted by atomic mass is 9.81. The van der Waals surface area contributed by atoms with E-state index in [-0.39, 0.29) is 11.9 Å². The number of methoxy groups -OCH3 is 1. The molecule has 0 spiro atoms. The molecule has 1 saturated carbocycles. The van der Waals surface area contributed by atoms with E-state index in [9.17, 15) is 9.59 Å². The molecule has 1 amide bonds. The van der Waals surface area contributed by atoms with Gasteiger partial charge < -0.3 is 10.1 Å². The maximum Gasteiger partial charge on any atom is 0.331 e. The first-order valence-electron chi connectivity index (χ1n) is 8.56. The summed E-state index contributed by atoms with van der Waals surface area (Å²) in [6.07, 6.45) is 7.68. The fourth-order valence-electron chi connectivity index (χ4n) is 3.83. The molecule has 1 fully saturated rings. The Balaban J connectivity index is 1.78. The number of nitrogens with one attached hydrogen (secondary N) is 1. The molecule has 1 atom stereocenters. The highest BCUT2D eigenvalue weighted by atomic mass is 32.1. The fraction of sp³-hybridized carbons (Fsp3) is 0.667. The number of rotatable bonds is 3. The van der Waals surface area contributed by atoms with Crippen molar-refractivity contribution in [2.75, 3.05) is 7.11 Å². The van der Waals surface area contributed by atoms with Crippen molar-refractivity contribution < 1.29 is 14.3 Å². The van der Waals surface area contributed by atoms with E-state index in [0.29, 0.717) is 18.8 Å². The molecule has 2 aliphatic rings. The number of aryl methyl sites for hydroxylation is 1. The average molecular weight is 335 g/mol. The first-order chi connectivity index (χ1) is 11.0. The van der Waals surface area contributed by atoms with Crippen LogP contribution >= 0.6 is 11.3 Å². The Kier molecular flexibility index (Phi) is 4.76. The third-order valence-corrected chi connectivity index (χ3v) is 6.42. The lowest BCUT2D eigenvalue weighted by Crippen LogP contribution is -2.56. The fourth-order valence-corrected chi connectivity index (χ4v) is 4.93. The molecule has 23 heavy (non-hydrogen) atoms. The van der Waals surface area contributed by atoms with E-state index < -0.39 is 5.54 Å². The molecule has 3 rings (SSSR count). The molecule has 0 aromatic carbocycles. The molecule has 0 saturated heterocycles. The van der Waals surface area contributed by atoms with Gasteiger partial charge in [0.2, 0.25) is 0 Å². The number of carbonyl (C=O) groups is 2. The van der Waals surface area contributed by atoms with E-state index in [4.69, 9.17) is 4.74 Å².